The fraction of sp³-hybridized carbons (Fsp3) is 0. The lowest BCUT2D eigenvalue weighted by Gasteiger charge is -2.09. The zero-order valence-electron chi connectivity index (χ0n) is 10.2. The van der Waals surface area contributed by atoms with Gasteiger partial charge in [-0.1, -0.05) is 17.3 Å². The van der Waals surface area contributed by atoms with Crippen LogP contribution in [0.4, 0.5) is 5.69 Å². The Labute approximate surface area is 122 Å². The molecule has 2 aromatic heterocycles. The maximum absolute atomic E-state index is 12.1. The summed E-state index contributed by atoms with van der Waals surface area (Å²) in [5.74, 6) is -0.219. The number of aromatic nitrogens is 4. The summed E-state index contributed by atoms with van der Waals surface area (Å²) in [6.07, 6.45) is 5.01. The van der Waals surface area contributed by atoms with Crippen molar-refractivity contribution in [2.24, 2.45) is 0 Å². The van der Waals surface area contributed by atoms with E-state index in [1.165, 1.54) is 0 Å². The molecule has 20 heavy (non-hydrogen) atoms. The Morgan fingerprint density at radius 1 is 1.35 bits per heavy atom. The van der Waals surface area contributed by atoms with Gasteiger partial charge in [-0.3, -0.25) is 4.79 Å². The third-order valence-electron chi connectivity index (χ3n) is 2.71. The van der Waals surface area contributed by atoms with Crippen LogP contribution in [0.5, 0.6) is 0 Å². The standard InChI is InChI=1S/C13H10BrN5O/c14-9-7-11(15-8-9)13(20)17-10-3-1-2-4-12(10)19-6-5-16-18-19/h1-8,15H,(H,17,20). The molecule has 0 unspecified atom stereocenters. The van der Waals surface area contributed by atoms with E-state index in [-0.39, 0.29) is 5.91 Å². The molecule has 0 saturated heterocycles. The molecule has 2 heterocycles. The molecule has 6 nitrogen and oxygen atoms in total. The van der Waals surface area contributed by atoms with E-state index in [1.807, 2.05) is 24.3 Å². The quantitative estimate of drug-likeness (QED) is 0.774. The monoisotopic (exact) mass is 331 g/mol. The molecule has 0 radical (unpaired) electrons. The van der Waals surface area contributed by atoms with Gasteiger partial charge in [0.25, 0.3) is 5.91 Å². The highest BCUT2D eigenvalue weighted by molar-refractivity contribution is 9.10. The van der Waals surface area contributed by atoms with Crippen LogP contribution in [0.2, 0.25) is 0 Å². The summed E-state index contributed by atoms with van der Waals surface area (Å²) in [5, 5.41) is 10.5. The largest absolute Gasteiger partial charge is 0.356 e. The van der Waals surface area contributed by atoms with Crippen LogP contribution < -0.4 is 5.32 Å². The minimum Gasteiger partial charge on any atom is -0.356 e. The van der Waals surface area contributed by atoms with Crippen LogP contribution in [-0.4, -0.2) is 25.9 Å². The van der Waals surface area contributed by atoms with Crippen LogP contribution in [0.15, 0.2) is 53.4 Å². The molecule has 100 valence electrons. The molecule has 0 aliphatic carbocycles. The average molecular weight is 332 g/mol. The van der Waals surface area contributed by atoms with Crippen molar-refractivity contribution >= 4 is 27.5 Å². The Kier molecular flexibility index (Phi) is 3.34. The summed E-state index contributed by atoms with van der Waals surface area (Å²) in [7, 11) is 0. The zero-order chi connectivity index (χ0) is 13.9. The Bertz CT molecular complexity index is 735. The zero-order valence-corrected chi connectivity index (χ0v) is 11.8. The van der Waals surface area contributed by atoms with Gasteiger partial charge >= 0.3 is 0 Å². The van der Waals surface area contributed by atoms with Gasteiger partial charge in [0, 0.05) is 10.7 Å². The molecular formula is C13H10BrN5O. The van der Waals surface area contributed by atoms with Gasteiger partial charge in [-0.2, -0.15) is 0 Å². The summed E-state index contributed by atoms with van der Waals surface area (Å²) in [6, 6.07) is 9.10. The first-order chi connectivity index (χ1) is 9.74. The van der Waals surface area contributed by atoms with E-state index in [0.29, 0.717) is 11.4 Å². The SMILES string of the molecule is O=C(Nc1ccccc1-n1ccnn1)c1cc(Br)c[nH]1. The van der Waals surface area contributed by atoms with Crippen molar-refractivity contribution in [3.63, 3.8) is 0 Å². The summed E-state index contributed by atoms with van der Waals surface area (Å²) in [5.41, 5.74) is 1.89. The predicted octanol–water partition coefficient (Wildman–Crippen LogP) is 2.61. The highest BCUT2D eigenvalue weighted by atomic mass is 79.9. The van der Waals surface area contributed by atoms with Gasteiger partial charge in [0.15, 0.2) is 0 Å². The summed E-state index contributed by atoms with van der Waals surface area (Å²) < 4.78 is 2.42. The Hall–Kier alpha value is -2.41. The highest BCUT2D eigenvalue weighted by Gasteiger charge is 2.11. The number of para-hydroxylation sites is 2. The normalized spacial score (nSPS) is 10.4. The number of rotatable bonds is 3. The van der Waals surface area contributed by atoms with Crippen molar-refractivity contribution in [3.05, 3.63) is 59.1 Å². The van der Waals surface area contributed by atoms with Gasteiger partial charge in [-0.25, -0.2) is 4.68 Å². The van der Waals surface area contributed by atoms with E-state index in [2.05, 4.69) is 36.5 Å². The van der Waals surface area contributed by atoms with Crippen molar-refractivity contribution in [1.82, 2.24) is 20.0 Å². The van der Waals surface area contributed by atoms with Crippen LogP contribution in [0.25, 0.3) is 5.69 Å². The summed E-state index contributed by atoms with van der Waals surface area (Å²) in [4.78, 5) is 15.0. The first-order valence-corrected chi connectivity index (χ1v) is 6.64. The lowest BCUT2D eigenvalue weighted by atomic mass is 10.2. The number of hydrogen-bond acceptors (Lipinski definition) is 3. The number of H-pyrrole nitrogens is 1. The maximum atomic E-state index is 12.1. The van der Waals surface area contributed by atoms with Crippen LogP contribution in [0.3, 0.4) is 0 Å². The van der Waals surface area contributed by atoms with Gasteiger partial charge in [0.2, 0.25) is 0 Å². The molecule has 3 aromatic rings. The molecule has 2 N–H and O–H groups in total. The molecular weight excluding hydrogens is 322 g/mol. The number of nitrogens with zero attached hydrogens (tertiary/aromatic N) is 3. The maximum Gasteiger partial charge on any atom is 0.272 e. The number of aromatic amines is 1. The van der Waals surface area contributed by atoms with E-state index in [0.717, 1.165) is 10.2 Å². The molecule has 3 rings (SSSR count). The third-order valence-corrected chi connectivity index (χ3v) is 3.17. The van der Waals surface area contributed by atoms with Crippen molar-refractivity contribution in [3.8, 4) is 5.69 Å². The number of benzene rings is 1. The lowest BCUT2D eigenvalue weighted by Crippen LogP contribution is -2.14. The highest BCUT2D eigenvalue weighted by Crippen LogP contribution is 2.20. The second kappa shape index (κ2) is 5.30. The van der Waals surface area contributed by atoms with Crippen LogP contribution in [-0.2, 0) is 0 Å². The minimum absolute atomic E-state index is 0.219. The van der Waals surface area contributed by atoms with Crippen molar-refractivity contribution in [2.45, 2.75) is 0 Å². The van der Waals surface area contributed by atoms with E-state index in [4.69, 9.17) is 0 Å². The minimum atomic E-state index is -0.219. The smallest absolute Gasteiger partial charge is 0.272 e. The topological polar surface area (TPSA) is 75.6 Å². The molecule has 1 amide bonds. The van der Waals surface area contributed by atoms with Crippen LogP contribution in [0.1, 0.15) is 10.5 Å². The van der Waals surface area contributed by atoms with E-state index < -0.39 is 0 Å². The molecule has 0 spiro atoms. The predicted molar refractivity (Wildman–Crippen MR) is 77.8 cm³/mol. The number of anilines is 1. The van der Waals surface area contributed by atoms with Crippen molar-refractivity contribution in [1.29, 1.82) is 0 Å². The second-order valence-corrected chi connectivity index (χ2v) is 4.97. The molecule has 0 saturated carbocycles. The number of amides is 1. The van der Waals surface area contributed by atoms with Gasteiger partial charge in [0.1, 0.15) is 5.69 Å². The third kappa shape index (κ3) is 2.48. The van der Waals surface area contributed by atoms with Crippen LogP contribution >= 0.6 is 15.9 Å². The summed E-state index contributed by atoms with van der Waals surface area (Å²) in [6.45, 7) is 0. The molecule has 7 heteroatoms. The number of halogens is 1. The number of carbonyl (C=O) groups is 1. The molecule has 0 fully saturated rings. The molecule has 1 aromatic carbocycles. The van der Waals surface area contributed by atoms with Crippen molar-refractivity contribution in [2.75, 3.05) is 5.32 Å². The Morgan fingerprint density at radius 3 is 2.90 bits per heavy atom. The van der Waals surface area contributed by atoms with E-state index in [9.17, 15) is 4.79 Å². The van der Waals surface area contributed by atoms with Gasteiger partial charge in [-0.15, -0.1) is 5.10 Å². The fourth-order valence-electron chi connectivity index (χ4n) is 1.80. The Balaban J connectivity index is 1.90. The number of hydrogen-bond donors (Lipinski definition) is 2. The van der Waals surface area contributed by atoms with E-state index in [1.54, 1.807) is 29.3 Å². The van der Waals surface area contributed by atoms with Gasteiger partial charge < -0.3 is 10.3 Å². The van der Waals surface area contributed by atoms with E-state index >= 15 is 0 Å². The van der Waals surface area contributed by atoms with Gasteiger partial charge in [0.05, 0.1) is 23.8 Å². The molecule has 0 aliphatic heterocycles. The second-order valence-electron chi connectivity index (χ2n) is 4.05. The fourth-order valence-corrected chi connectivity index (χ4v) is 2.15. The average Bonchev–Trinajstić information content (AvgIpc) is 3.10. The number of nitrogens with one attached hydrogen (secondary N) is 2. The molecule has 0 atom stereocenters. The van der Waals surface area contributed by atoms with Gasteiger partial charge in [-0.05, 0) is 34.1 Å². The van der Waals surface area contributed by atoms with Crippen molar-refractivity contribution < 1.29 is 4.79 Å². The first-order valence-electron chi connectivity index (χ1n) is 5.85. The summed E-state index contributed by atoms with van der Waals surface area (Å²) >= 11 is 3.30. The number of carbonyl (C=O) groups excluding carboxylic acids is 1. The first kappa shape index (κ1) is 12.6. The Morgan fingerprint density at radius 2 is 2.20 bits per heavy atom. The molecule has 0 aliphatic rings. The molecule has 0 bridgehead atoms. The lowest BCUT2D eigenvalue weighted by molar-refractivity contribution is 0.102. The van der Waals surface area contributed by atoms with Crippen LogP contribution in [0, 0.1) is 0 Å².